The lowest BCUT2D eigenvalue weighted by atomic mass is 10.1. The first kappa shape index (κ1) is 17.0. The Balaban J connectivity index is 1.70. The molecule has 0 fully saturated rings. The molecule has 136 valence electrons. The fourth-order valence-corrected chi connectivity index (χ4v) is 2.76. The number of hydrogen-bond acceptors (Lipinski definition) is 5. The highest BCUT2D eigenvalue weighted by molar-refractivity contribution is 5.92. The Morgan fingerprint density at radius 2 is 1.85 bits per heavy atom. The van der Waals surface area contributed by atoms with Crippen LogP contribution in [0.3, 0.4) is 0 Å². The van der Waals surface area contributed by atoms with Crippen LogP contribution in [-0.2, 0) is 4.74 Å². The van der Waals surface area contributed by atoms with Crippen molar-refractivity contribution in [2.45, 2.75) is 26.4 Å². The molecule has 0 unspecified atom stereocenters. The number of benzene rings is 1. The van der Waals surface area contributed by atoms with Gasteiger partial charge in [-0.2, -0.15) is 9.78 Å². The predicted octanol–water partition coefficient (Wildman–Crippen LogP) is 5.14. The summed E-state index contributed by atoms with van der Waals surface area (Å²) in [6, 6.07) is 13.7. The molecule has 0 aliphatic carbocycles. The van der Waals surface area contributed by atoms with E-state index in [1.165, 1.54) is 4.68 Å². The van der Waals surface area contributed by atoms with Crippen molar-refractivity contribution in [1.82, 2.24) is 14.8 Å². The van der Waals surface area contributed by atoms with Gasteiger partial charge >= 0.3 is 6.09 Å². The second-order valence-electron chi connectivity index (χ2n) is 7.21. The third-order valence-electron chi connectivity index (χ3n) is 3.96. The molecule has 1 aromatic carbocycles. The maximum absolute atomic E-state index is 12.2. The number of pyridine rings is 1. The number of furan rings is 1. The van der Waals surface area contributed by atoms with Crippen molar-refractivity contribution >= 4 is 17.2 Å². The highest BCUT2D eigenvalue weighted by atomic mass is 16.6. The molecule has 0 aliphatic heterocycles. The summed E-state index contributed by atoms with van der Waals surface area (Å²) in [5.74, 6) is 0. The van der Waals surface area contributed by atoms with Gasteiger partial charge in [0.05, 0.1) is 11.9 Å². The standard InChI is InChI=1S/C21H19N3O3/c1-21(2,3)27-20(25)24-12-15(11-22-24)17-9-10-18-19(23-17)16(13-26-18)14-7-5-4-6-8-14/h4-13H,1-3H3. The molecule has 6 nitrogen and oxygen atoms in total. The summed E-state index contributed by atoms with van der Waals surface area (Å²) in [5.41, 5.74) is 4.28. The maximum Gasteiger partial charge on any atom is 0.435 e. The van der Waals surface area contributed by atoms with Crippen LogP contribution < -0.4 is 0 Å². The van der Waals surface area contributed by atoms with Crippen LogP contribution in [0.4, 0.5) is 4.79 Å². The quantitative estimate of drug-likeness (QED) is 0.494. The maximum atomic E-state index is 12.2. The zero-order valence-corrected chi connectivity index (χ0v) is 15.3. The van der Waals surface area contributed by atoms with E-state index in [9.17, 15) is 4.79 Å². The molecule has 3 heterocycles. The Labute approximate surface area is 156 Å². The minimum atomic E-state index is -0.582. The van der Waals surface area contributed by atoms with Crippen molar-refractivity contribution in [2.24, 2.45) is 0 Å². The van der Waals surface area contributed by atoms with Crippen molar-refractivity contribution in [3.05, 3.63) is 61.1 Å². The fraction of sp³-hybridized carbons (Fsp3) is 0.190. The topological polar surface area (TPSA) is 70.2 Å². The molecule has 6 heteroatoms. The van der Waals surface area contributed by atoms with E-state index in [0.29, 0.717) is 11.3 Å². The van der Waals surface area contributed by atoms with Crippen molar-refractivity contribution in [2.75, 3.05) is 0 Å². The average Bonchev–Trinajstić information content (AvgIpc) is 3.28. The summed E-state index contributed by atoms with van der Waals surface area (Å²) in [6.45, 7) is 5.44. The van der Waals surface area contributed by atoms with E-state index in [-0.39, 0.29) is 0 Å². The second kappa shape index (κ2) is 6.39. The van der Waals surface area contributed by atoms with E-state index < -0.39 is 11.7 Å². The van der Waals surface area contributed by atoms with E-state index in [0.717, 1.165) is 22.2 Å². The van der Waals surface area contributed by atoms with Gasteiger partial charge in [-0.05, 0) is 38.5 Å². The van der Waals surface area contributed by atoms with Crippen LogP contribution in [0.1, 0.15) is 20.8 Å². The van der Waals surface area contributed by atoms with Crippen LogP contribution in [0.25, 0.3) is 33.5 Å². The molecule has 0 atom stereocenters. The number of fused-ring (bicyclic) bond motifs is 1. The molecule has 4 rings (SSSR count). The number of nitrogens with zero attached hydrogens (tertiary/aromatic N) is 3. The number of hydrogen-bond donors (Lipinski definition) is 0. The summed E-state index contributed by atoms with van der Waals surface area (Å²) < 4.78 is 12.1. The number of ether oxygens (including phenoxy) is 1. The lowest BCUT2D eigenvalue weighted by Gasteiger charge is -2.18. The van der Waals surface area contributed by atoms with Gasteiger partial charge in [0, 0.05) is 17.3 Å². The van der Waals surface area contributed by atoms with Crippen LogP contribution in [0.2, 0.25) is 0 Å². The van der Waals surface area contributed by atoms with E-state index in [1.54, 1.807) is 18.7 Å². The molecule has 3 aromatic heterocycles. The van der Waals surface area contributed by atoms with E-state index >= 15 is 0 Å². The van der Waals surface area contributed by atoms with E-state index in [2.05, 4.69) is 5.10 Å². The lowest BCUT2D eigenvalue weighted by molar-refractivity contribution is 0.0514. The SMILES string of the molecule is CC(C)(C)OC(=O)n1cc(-c2ccc3occ(-c4ccccc4)c3n2)cn1. The Kier molecular flexibility index (Phi) is 4.03. The molecule has 0 radical (unpaired) electrons. The molecule has 0 aliphatic rings. The van der Waals surface area contributed by atoms with Gasteiger partial charge in [-0.3, -0.25) is 0 Å². The van der Waals surface area contributed by atoms with Crippen molar-refractivity contribution in [1.29, 1.82) is 0 Å². The van der Waals surface area contributed by atoms with Gasteiger partial charge in [0.25, 0.3) is 0 Å². The third-order valence-corrected chi connectivity index (χ3v) is 3.96. The number of aromatic nitrogens is 3. The lowest BCUT2D eigenvalue weighted by Crippen LogP contribution is -2.27. The molecule has 0 spiro atoms. The van der Waals surface area contributed by atoms with Gasteiger partial charge in [0.15, 0.2) is 5.58 Å². The predicted molar refractivity (Wildman–Crippen MR) is 102 cm³/mol. The zero-order valence-electron chi connectivity index (χ0n) is 15.3. The third kappa shape index (κ3) is 3.46. The Morgan fingerprint density at radius 1 is 1.07 bits per heavy atom. The molecule has 0 N–H and O–H groups in total. The zero-order chi connectivity index (χ0) is 19.0. The first-order chi connectivity index (χ1) is 12.9. The van der Waals surface area contributed by atoms with Crippen LogP contribution >= 0.6 is 0 Å². The minimum Gasteiger partial charge on any atom is -0.462 e. The van der Waals surface area contributed by atoms with Crippen molar-refractivity contribution in [3.8, 4) is 22.4 Å². The Hall–Kier alpha value is -3.41. The monoisotopic (exact) mass is 361 g/mol. The number of carbonyl (C=O) groups excluding carboxylic acids is 1. The summed E-state index contributed by atoms with van der Waals surface area (Å²) in [6.07, 6.45) is 4.40. The molecule has 0 bridgehead atoms. The van der Waals surface area contributed by atoms with E-state index in [4.69, 9.17) is 14.1 Å². The molecule has 0 saturated carbocycles. The summed E-state index contributed by atoms with van der Waals surface area (Å²) in [4.78, 5) is 16.9. The normalized spacial score (nSPS) is 11.7. The first-order valence-corrected chi connectivity index (χ1v) is 8.63. The summed E-state index contributed by atoms with van der Waals surface area (Å²) in [7, 11) is 0. The number of rotatable bonds is 2. The van der Waals surface area contributed by atoms with E-state index in [1.807, 2.05) is 63.2 Å². The molecule has 27 heavy (non-hydrogen) atoms. The fourth-order valence-electron chi connectivity index (χ4n) is 2.76. The van der Waals surface area contributed by atoms with Crippen LogP contribution in [0.15, 0.2) is 65.5 Å². The molecule has 0 saturated heterocycles. The van der Waals surface area contributed by atoms with Crippen LogP contribution in [0, 0.1) is 0 Å². The van der Waals surface area contributed by atoms with Crippen molar-refractivity contribution in [3.63, 3.8) is 0 Å². The van der Waals surface area contributed by atoms with Crippen molar-refractivity contribution < 1.29 is 13.9 Å². The highest BCUT2D eigenvalue weighted by Gasteiger charge is 2.19. The highest BCUT2D eigenvalue weighted by Crippen LogP contribution is 2.31. The summed E-state index contributed by atoms with van der Waals surface area (Å²) >= 11 is 0. The van der Waals surface area contributed by atoms with Crippen LogP contribution in [0.5, 0.6) is 0 Å². The Morgan fingerprint density at radius 3 is 2.59 bits per heavy atom. The average molecular weight is 361 g/mol. The second-order valence-corrected chi connectivity index (χ2v) is 7.21. The minimum absolute atomic E-state index is 0.525. The largest absolute Gasteiger partial charge is 0.462 e. The summed E-state index contributed by atoms with van der Waals surface area (Å²) in [5, 5.41) is 4.10. The smallest absolute Gasteiger partial charge is 0.435 e. The molecule has 4 aromatic rings. The van der Waals surface area contributed by atoms with Gasteiger partial charge in [0.2, 0.25) is 0 Å². The Bertz CT molecular complexity index is 1100. The first-order valence-electron chi connectivity index (χ1n) is 8.63. The van der Waals surface area contributed by atoms with Gasteiger partial charge in [0.1, 0.15) is 17.4 Å². The van der Waals surface area contributed by atoms with Gasteiger partial charge in [-0.1, -0.05) is 30.3 Å². The van der Waals surface area contributed by atoms with Crippen LogP contribution in [-0.4, -0.2) is 26.5 Å². The van der Waals surface area contributed by atoms with Gasteiger partial charge < -0.3 is 9.15 Å². The molecular weight excluding hydrogens is 342 g/mol. The van der Waals surface area contributed by atoms with Gasteiger partial charge in [-0.15, -0.1) is 0 Å². The number of carbonyl (C=O) groups is 1. The molecular formula is C21H19N3O3. The molecule has 0 amide bonds. The van der Waals surface area contributed by atoms with Gasteiger partial charge in [-0.25, -0.2) is 9.78 Å².